The van der Waals surface area contributed by atoms with Gasteiger partial charge in [-0.25, -0.2) is 4.57 Å². The molecule has 0 rings (SSSR count). The predicted molar refractivity (Wildman–Crippen MR) is 304 cm³/mol. The van der Waals surface area contributed by atoms with E-state index in [1.165, 1.54) is 218 Å². The van der Waals surface area contributed by atoms with E-state index in [0.29, 0.717) is 17.4 Å². The Morgan fingerprint density at radius 2 is 0.786 bits per heavy atom. The fraction of sp³-hybridized carbons (Fsp3) is 0.852. The number of nitrogens with one attached hydrogen (secondary N) is 1. The predicted octanol–water partition coefficient (Wildman–Crippen LogP) is 18.3. The molecule has 0 radical (unpaired) electrons. The molecule has 0 saturated carbocycles. The largest absolute Gasteiger partial charge is 0.472 e. The lowest BCUT2D eigenvalue weighted by Gasteiger charge is -2.25. The van der Waals surface area contributed by atoms with Crippen molar-refractivity contribution in [1.29, 1.82) is 0 Å². The third kappa shape index (κ3) is 54.2. The van der Waals surface area contributed by atoms with Crippen LogP contribution in [0.25, 0.3) is 0 Å². The summed E-state index contributed by atoms with van der Waals surface area (Å²) in [4.78, 5) is 23.3. The van der Waals surface area contributed by atoms with Crippen LogP contribution >= 0.6 is 7.82 Å². The molecule has 3 unspecified atom stereocenters. The van der Waals surface area contributed by atoms with Crippen molar-refractivity contribution in [3.63, 3.8) is 0 Å². The molecule has 3 atom stereocenters. The van der Waals surface area contributed by atoms with Crippen molar-refractivity contribution in [3.8, 4) is 0 Å². The lowest BCUT2D eigenvalue weighted by Crippen LogP contribution is -2.45. The standard InChI is InChI=1S/C61H117N2O6P/c1-6-8-10-12-14-16-18-20-22-24-26-27-28-29-30-31-32-33-34-35-37-39-41-43-45-47-49-51-53-55-61(65)62-59(58-69-70(66,67)68-57-56-63(3,4)5)60(64)54-52-50-48-46-44-42-40-38-36-25-23-21-19-17-15-13-11-9-7-2/h24,26,36,38,44,46,52,54,59-60,64H,6-23,25,27-35,37,39-43,45,47-51,53,55-58H2,1-5H3,(H-,62,65,66,67)/p+1/b26-24-,38-36+,46-44+,54-52+. The highest BCUT2D eigenvalue weighted by Crippen LogP contribution is 2.43. The molecule has 0 aliphatic carbocycles. The summed E-state index contributed by atoms with van der Waals surface area (Å²) in [5.74, 6) is -0.187. The molecule has 0 aliphatic rings. The summed E-state index contributed by atoms with van der Waals surface area (Å²) in [6.45, 7) is 4.81. The Morgan fingerprint density at radius 3 is 1.14 bits per heavy atom. The van der Waals surface area contributed by atoms with Crippen LogP contribution in [0.2, 0.25) is 0 Å². The molecule has 412 valence electrons. The number of phosphoric acid groups is 1. The van der Waals surface area contributed by atoms with Gasteiger partial charge in [0.1, 0.15) is 13.2 Å². The molecule has 0 saturated heterocycles. The number of rotatable bonds is 55. The lowest BCUT2D eigenvalue weighted by molar-refractivity contribution is -0.870. The maximum absolute atomic E-state index is 13.0. The van der Waals surface area contributed by atoms with E-state index in [2.05, 4.69) is 55.6 Å². The van der Waals surface area contributed by atoms with Crippen LogP contribution in [0.15, 0.2) is 48.6 Å². The summed E-state index contributed by atoms with van der Waals surface area (Å²) in [5, 5.41) is 13.9. The maximum atomic E-state index is 13.0. The zero-order valence-electron chi connectivity index (χ0n) is 47.0. The average Bonchev–Trinajstić information content (AvgIpc) is 3.32. The molecular weight excluding hydrogens is 888 g/mol. The van der Waals surface area contributed by atoms with E-state index in [0.717, 1.165) is 44.9 Å². The number of nitrogens with zero attached hydrogens (tertiary/aromatic N) is 1. The van der Waals surface area contributed by atoms with Gasteiger partial charge >= 0.3 is 7.82 Å². The molecule has 9 heteroatoms. The second-order valence-electron chi connectivity index (χ2n) is 21.7. The molecule has 0 heterocycles. The number of hydrogen-bond acceptors (Lipinski definition) is 5. The van der Waals surface area contributed by atoms with Gasteiger partial charge in [-0.3, -0.25) is 13.8 Å². The van der Waals surface area contributed by atoms with Gasteiger partial charge in [-0.05, 0) is 70.6 Å². The molecule has 0 aromatic heterocycles. The van der Waals surface area contributed by atoms with Crippen molar-refractivity contribution in [2.45, 2.75) is 296 Å². The van der Waals surface area contributed by atoms with E-state index < -0.39 is 20.0 Å². The van der Waals surface area contributed by atoms with E-state index >= 15 is 0 Å². The number of aliphatic hydroxyl groups excluding tert-OH is 1. The van der Waals surface area contributed by atoms with Crippen molar-refractivity contribution < 1.29 is 32.9 Å². The lowest BCUT2D eigenvalue weighted by atomic mass is 10.0. The first-order chi connectivity index (χ1) is 34.0. The number of allylic oxidation sites excluding steroid dienone is 7. The fourth-order valence-electron chi connectivity index (χ4n) is 8.78. The molecule has 70 heavy (non-hydrogen) atoms. The van der Waals surface area contributed by atoms with Crippen molar-refractivity contribution in [3.05, 3.63) is 48.6 Å². The minimum atomic E-state index is -4.36. The van der Waals surface area contributed by atoms with E-state index in [1.54, 1.807) is 6.08 Å². The highest BCUT2D eigenvalue weighted by atomic mass is 31.2. The van der Waals surface area contributed by atoms with Crippen LogP contribution in [0.4, 0.5) is 0 Å². The minimum Gasteiger partial charge on any atom is -0.387 e. The Kier molecular flexibility index (Phi) is 51.2. The molecule has 0 aromatic rings. The summed E-state index contributed by atoms with van der Waals surface area (Å²) >= 11 is 0. The first kappa shape index (κ1) is 68.5. The summed E-state index contributed by atoms with van der Waals surface area (Å²) in [5.41, 5.74) is 0. The van der Waals surface area contributed by atoms with Gasteiger partial charge in [0.05, 0.1) is 39.9 Å². The summed E-state index contributed by atoms with van der Waals surface area (Å²) in [6, 6.07) is -0.870. The average molecular weight is 1010 g/mol. The number of aliphatic hydroxyl groups is 1. The SMILES string of the molecule is CCCCCCCCCC/C=C\CCCCCCCCCCCCCCCCCCCC(=O)NC(COP(=O)(O)OCC[N+](C)(C)C)C(O)/C=C/CC/C=C/CC/C=C/CCCCCCCCCCC. The Balaban J connectivity index is 4.17. The molecular formula is C61H118N2O6P+. The third-order valence-corrected chi connectivity index (χ3v) is 14.5. The smallest absolute Gasteiger partial charge is 0.387 e. The molecule has 0 aromatic carbocycles. The minimum absolute atomic E-state index is 0.0539. The van der Waals surface area contributed by atoms with E-state index in [9.17, 15) is 19.4 Å². The number of hydrogen-bond donors (Lipinski definition) is 3. The highest BCUT2D eigenvalue weighted by molar-refractivity contribution is 7.47. The summed E-state index contributed by atoms with van der Waals surface area (Å²) in [6.07, 6.45) is 69.4. The van der Waals surface area contributed by atoms with Gasteiger partial charge in [0.15, 0.2) is 0 Å². The van der Waals surface area contributed by atoms with Crippen LogP contribution in [0.1, 0.15) is 284 Å². The van der Waals surface area contributed by atoms with Gasteiger partial charge in [-0.1, -0.05) is 255 Å². The van der Waals surface area contributed by atoms with Crippen molar-refractivity contribution in [2.24, 2.45) is 0 Å². The number of carbonyl (C=O) groups excluding carboxylic acids is 1. The Morgan fingerprint density at radius 1 is 0.471 bits per heavy atom. The number of carbonyl (C=O) groups is 1. The first-order valence-corrected chi connectivity index (χ1v) is 31.5. The van der Waals surface area contributed by atoms with Crippen LogP contribution in [0.5, 0.6) is 0 Å². The van der Waals surface area contributed by atoms with Gasteiger partial charge in [0.25, 0.3) is 0 Å². The van der Waals surface area contributed by atoms with Gasteiger partial charge < -0.3 is 19.8 Å². The molecule has 0 aliphatic heterocycles. The molecule has 0 bridgehead atoms. The van der Waals surface area contributed by atoms with Gasteiger partial charge in [-0.2, -0.15) is 0 Å². The molecule has 8 nitrogen and oxygen atoms in total. The second kappa shape index (κ2) is 52.3. The third-order valence-electron chi connectivity index (χ3n) is 13.5. The number of quaternary nitrogens is 1. The zero-order valence-corrected chi connectivity index (χ0v) is 47.9. The highest BCUT2D eigenvalue weighted by Gasteiger charge is 2.27. The van der Waals surface area contributed by atoms with E-state index in [4.69, 9.17) is 9.05 Å². The molecule has 1 amide bonds. The molecule has 3 N–H and O–H groups in total. The van der Waals surface area contributed by atoms with Crippen molar-refractivity contribution >= 4 is 13.7 Å². The maximum Gasteiger partial charge on any atom is 0.472 e. The first-order valence-electron chi connectivity index (χ1n) is 30.0. The Hall–Kier alpha value is -1.54. The van der Waals surface area contributed by atoms with Crippen molar-refractivity contribution in [1.82, 2.24) is 5.32 Å². The summed E-state index contributed by atoms with van der Waals surface area (Å²) in [7, 11) is 1.55. The fourth-order valence-corrected chi connectivity index (χ4v) is 9.51. The van der Waals surface area contributed by atoms with Crippen LogP contribution < -0.4 is 5.32 Å². The van der Waals surface area contributed by atoms with Crippen LogP contribution in [-0.2, 0) is 18.4 Å². The van der Waals surface area contributed by atoms with Crippen molar-refractivity contribution in [2.75, 3.05) is 40.9 Å². The van der Waals surface area contributed by atoms with Gasteiger partial charge in [0.2, 0.25) is 5.91 Å². The molecule has 0 fully saturated rings. The normalized spacial score (nSPS) is 14.2. The number of amides is 1. The van der Waals surface area contributed by atoms with Crippen LogP contribution in [0.3, 0.4) is 0 Å². The molecule has 0 spiro atoms. The van der Waals surface area contributed by atoms with Crippen LogP contribution in [-0.4, -0.2) is 73.4 Å². The Labute approximate surface area is 435 Å². The van der Waals surface area contributed by atoms with E-state index in [-0.39, 0.29) is 19.1 Å². The van der Waals surface area contributed by atoms with Gasteiger partial charge in [-0.15, -0.1) is 0 Å². The monoisotopic (exact) mass is 1010 g/mol. The van der Waals surface area contributed by atoms with Gasteiger partial charge in [0, 0.05) is 6.42 Å². The Bertz CT molecular complexity index is 1280. The topological polar surface area (TPSA) is 105 Å². The van der Waals surface area contributed by atoms with Crippen LogP contribution in [0, 0.1) is 0 Å². The number of phosphoric ester groups is 1. The zero-order chi connectivity index (χ0) is 51.3. The number of unbranched alkanes of at least 4 members (excludes halogenated alkanes) is 36. The summed E-state index contributed by atoms with van der Waals surface area (Å²) < 4.78 is 23.7. The number of likely N-dealkylation sites (N-methyl/N-ethyl adjacent to an activating group) is 1. The van der Waals surface area contributed by atoms with E-state index in [1.807, 2.05) is 27.2 Å². The quantitative estimate of drug-likeness (QED) is 0.0243. The second-order valence-corrected chi connectivity index (χ2v) is 23.2.